The van der Waals surface area contributed by atoms with Crippen molar-refractivity contribution >= 4 is 6.03 Å². The molecule has 0 bridgehead atoms. The van der Waals surface area contributed by atoms with Gasteiger partial charge >= 0.3 is 6.03 Å². The molecule has 3 nitrogen and oxygen atoms in total. The molecule has 0 aromatic carbocycles. The van der Waals surface area contributed by atoms with E-state index in [1.54, 1.807) is 0 Å². The lowest BCUT2D eigenvalue weighted by Gasteiger charge is -2.27. The summed E-state index contributed by atoms with van der Waals surface area (Å²) >= 11 is 0. The van der Waals surface area contributed by atoms with Crippen LogP contribution in [0.4, 0.5) is 4.79 Å². The van der Waals surface area contributed by atoms with Gasteiger partial charge in [-0.1, -0.05) is 39.5 Å². The van der Waals surface area contributed by atoms with Crippen LogP contribution in [-0.2, 0) is 0 Å². The predicted molar refractivity (Wildman–Crippen MR) is 72.1 cm³/mol. The van der Waals surface area contributed by atoms with Crippen LogP contribution in [0.5, 0.6) is 0 Å². The third-order valence-corrected chi connectivity index (χ3v) is 3.98. The third-order valence-electron chi connectivity index (χ3n) is 3.98. The maximum Gasteiger partial charge on any atom is 0.317 e. The minimum absolute atomic E-state index is 0.145. The van der Waals surface area contributed by atoms with Gasteiger partial charge in [0, 0.05) is 19.1 Å². The first kappa shape index (κ1) is 14.3. The van der Waals surface area contributed by atoms with Crippen LogP contribution in [0.25, 0.3) is 0 Å². The Balaban J connectivity index is 2.39. The number of nitrogens with zero attached hydrogens (tertiary/aromatic N) is 1. The van der Waals surface area contributed by atoms with Crippen molar-refractivity contribution in [3.8, 4) is 0 Å². The average Bonchev–Trinajstić information content (AvgIpc) is 2.83. The second kappa shape index (κ2) is 7.57. The highest BCUT2D eigenvalue weighted by Gasteiger charge is 2.21. The summed E-state index contributed by atoms with van der Waals surface area (Å²) in [5.41, 5.74) is 0. The van der Waals surface area contributed by atoms with Crippen molar-refractivity contribution in [1.29, 1.82) is 0 Å². The van der Waals surface area contributed by atoms with Crippen LogP contribution in [0.1, 0.15) is 59.3 Å². The first-order valence-corrected chi connectivity index (χ1v) is 7.26. The van der Waals surface area contributed by atoms with Crippen molar-refractivity contribution in [2.45, 2.75) is 65.3 Å². The molecule has 17 heavy (non-hydrogen) atoms. The molecule has 1 fully saturated rings. The van der Waals surface area contributed by atoms with Gasteiger partial charge < -0.3 is 10.2 Å². The summed E-state index contributed by atoms with van der Waals surface area (Å²) in [5.74, 6) is 0.643. The Hall–Kier alpha value is -0.730. The lowest BCUT2D eigenvalue weighted by molar-refractivity contribution is 0.185. The van der Waals surface area contributed by atoms with E-state index in [4.69, 9.17) is 0 Å². The van der Waals surface area contributed by atoms with Crippen LogP contribution in [-0.4, -0.2) is 30.1 Å². The van der Waals surface area contributed by atoms with E-state index in [1.807, 2.05) is 4.90 Å². The normalized spacial score (nSPS) is 16.5. The first-order valence-electron chi connectivity index (χ1n) is 7.26. The van der Waals surface area contributed by atoms with Crippen molar-refractivity contribution in [1.82, 2.24) is 10.2 Å². The number of amides is 2. The fourth-order valence-corrected chi connectivity index (χ4v) is 2.55. The third kappa shape index (κ3) is 4.57. The summed E-state index contributed by atoms with van der Waals surface area (Å²) in [6.07, 6.45) is 7.17. The number of hydrogen-bond donors (Lipinski definition) is 1. The van der Waals surface area contributed by atoms with E-state index in [0.29, 0.717) is 12.0 Å². The SMILES string of the molecule is CCC(CC)CN(CC)C(=O)NC1CCCC1. The Labute approximate surface area is 106 Å². The van der Waals surface area contributed by atoms with Crippen molar-refractivity contribution in [2.24, 2.45) is 5.92 Å². The molecule has 3 heteroatoms. The van der Waals surface area contributed by atoms with Crippen LogP contribution >= 0.6 is 0 Å². The van der Waals surface area contributed by atoms with Gasteiger partial charge in [-0.05, 0) is 25.7 Å². The molecule has 0 aromatic heterocycles. The number of nitrogens with one attached hydrogen (secondary N) is 1. The van der Waals surface area contributed by atoms with Crippen molar-refractivity contribution in [3.63, 3.8) is 0 Å². The fourth-order valence-electron chi connectivity index (χ4n) is 2.55. The molecule has 0 unspecified atom stereocenters. The molecule has 0 heterocycles. The predicted octanol–water partition coefficient (Wildman–Crippen LogP) is 3.40. The smallest absolute Gasteiger partial charge is 0.317 e. The summed E-state index contributed by atoms with van der Waals surface area (Å²) < 4.78 is 0. The van der Waals surface area contributed by atoms with Crippen LogP contribution in [0.2, 0.25) is 0 Å². The van der Waals surface area contributed by atoms with Crippen LogP contribution in [0.15, 0.2) is 0 Å². The van der Waals surface area contributed by atoms with Gasteiger partial charge in [-0.3, -0.25) is 0 Å². The second-order valence-corrected chi connectivity index (χ2v) is 5.15. The molecule has 2 amide bonds. The maximum absolute atomic E-state index is 12.1. The van der Waals surface area contributed by atoms with E-state index in [9.17, 15) is 4.79 Å². The molecule has 0 spiro atoms. The molecule has 0 atom stereocenters. The number of rotatable bonds is 6. The van der Waals surface area contributed by atoms with Crippen LogP contribution < -0.4 is 5.32 Å². The number of carbonyl (C=O) groups is 1. The van der Waals surface area contributed by atoms with Crippen molar-refractivity contribution in [3.05, 3.63) is 0 Å². The molecule has 1 rings (SSSR count). The molecule has 0 aliphatic heterocycles. The molecular weight excluding hydrogens is 212 g/mol. The summed E-state index contributed by atoms with van der Waals surface area (Å²) in [6.45, 7) is 8.20. The topological polar surface area (TPSA) is 32.3 Å². The molecule has 1 saturated carbocycles. The number of urea groups is 1. The molecule has 1 aliphatic rings. The van der Waals surface area contributed by atoms with Gasteiger partial charge in [0.25, 0.3) is 0 Å². The largest absolute Gasteiger partial charge is 0.335 e. The Morgan fingerprint density at radius 1 is 1.24 bits per heavy atom. The van der Waals surface area contributed by atoms with E-state index < -0.39 is 0 Å². The zero-order chi connectivity index (χ0) is 12.7. The first-order chi connectivity index (χ1) is 8.21. The van der Waals surface area contributed by atoms with Gasteiger partial charge in [-0.2, -0.15) is 0 Å². The maximum atomic E-state index is 12.1. The van der Waals surface area contributed by atoms with Crippen LogP contribution in [0, 0.1) is 5.92 Å². The minimum atomic E-state index is 0.145. The van der Waals surface area contributed by atoms with E-state index in [-0.39, 0.29) is 6.03 Å². The average molecular weight is 240 g/mol. The zero-order valence-corrected chi connectivity index (χ0v) is 11.7. The molecule has 0 aromatic rings. The second-order valence-electron chi connectivity index (χ2n) is 5.15. The minimum Gasteiger partial charge on any atom is -0.335 e. The highest BCUT2D eigenvalue weighted by atomic mass is 16.2. The van der Waals surface area contributed by atoms with Gasteiger partial charge in [-0.25, -0.2) is 4.79 Å². The molecule has 0 radical (unpaired) electrons. The Morgan fingerprint density at radius 3 is 2.29 bits per heavy atom. The molecular formula is C14H28N2O. The molecule has 1 N–H and O–H groups in total. The number of hydrogen-bond acceptors (Lipinski definition) is 1. The van der Waals surface area contributed by atoms with E-state index in [2.05, 4.69) is 26.1 Å². The van der Waals surface area contributed by atoms with Gasteiger partial charge in [0.1, 0.15) is 0 Å². The van der Waals surface area contributed by atoms with Gasteiger partial charge in [0.05, 0.1) is 0 Å². The van der Waals surface area contributed by atoms with Gasteiger partial charge in [-0.15, -0.1) is 0 Å². The fraction of sp³-hybridized carbons (Fsp3) is 0.929. The molecule has 1 aliphatic carbocycles. The Bertz CT molecular complexity index is 220. The van der Waals surface area contributed by atoms with Crippen LogP contribution in [0.3, 0.4) is 0 Å². The number of carbonyl (C=O) groups excluding carboxylic acids is 1. The Kier molecular flexibility index (Phi) is 6.38. The van der Waals surface area contributed by atoms with E-state index in [1.165, 1.54) is 12.8 Å². The summed E-state index contributed by atoms with van der Waals surface area (Å²) in [5, 5.41) is 3.17. The monoisotopic (exact) mass is 240 g/mol. The summed E-state index contributed by atoms with van der Waals surface area (Å²) in [7, 11) is 0. The summed E-state index contributed by atoms with van der Waals surface area (Å²) in [4.78, 5) is 14.1. The molecule has 0 saturated heterocycles. The quantitative estimate of drug-likeness (QED) is 0.758. The van der Waals surface area contributed by atoms with E-state index >= 15 is 0 Å². The highest BCUT2D eigenvalue weighted by molar-refractivity contribution is 5.74. The van der Waals surface area contributed by atoms with Crippen molar-refractivity contribution < 1.29 is 4.79 Å². The lowest BCUT2D eigenvalue weighted by atomic mass is 10.0. The van der Waals surface area contributed by atoms with Gasteiger partial charge in [0.2, 0.25) is 0 Å². The van der Waals surface area contributed by atoms with E-state index in [0.717, 1.165) is 38.8 Å². The van der Waals surface area contributed by atoms with Gasteiger partial charge in [0.15, 0.2) is 0 Å². The highest BCUT2D eigenvalue weighted by Crippen LogP contribution is 2.18. The standard InChI is InChI=1S/C14H28N2O/c1-4-12(5-2)11-16(6-3)14(17)15-13-9-7-8-10-13/h12-13H,4-11H2,1-3H3,(H,15,17). The summed E-state index contributed by atoms with van der Waals surface area (Å²) in [6, 6.07) is 0.574. The van der Waals surface area contributed by atoms with Crippen molar-refractivity contribution in [2.75, 3.05) is 13.1 Å². The zero-order valence-electron chi connectivity index (χ0n) is 11.7. The lowest BCUT2D eigenvalue weighted by Crippen LogP contribution is -2.45. The molecule has 100 valence electrons. The Morgan fingerprint density at radius 2 is 1.82 bits per heavy atom.